The van der Waals surface area contributed by atoms with Crippen molar-refractivity contribution in [2.24, 2.45) is 0 Å². The molecule has 90 valence electrons. The van der Waals surface area contributed by atoms with E-state index in [1.165, 1.54) is 23.9 Å². The quantitative estimate of drug-likeness (QED) is 0.751. The van der Waals surface area contributed by atoms with E-state index in [1.54, 1.807) is 0 Å². The monoisotopic (exact) mass is 254 g/mol. The highest BCUT2D eigenvalue weighted by Gasteiger charge is 2.09. The number of thioether (sulfide) groups is 1. The Labute approximate surface area is 102 Å². The van der Waals surface area contributed by atoms with Crippen molar-refractivity contribution in [2.45, 2.75) is 11.8 Å². The van der Waals surface area contributed by atoms with E-state index in [1.807, 2.05) is 6.07 Å². The van der Waals surface area contributed by atoms with Crippen molar-refractivity contribution in [3.63, 3.8) is 0 Å². The number of benzene rings is 1. The molecule has 0 aliphatic carbocycles. The highest BCUT2D eigenvalue weighted by molar-refractivity contribution is 7.98. The van der Waals surface area contributed by atoms with Crippen LogP contribution in [0.2, 0.25) is 0 Å². The number of carboxylic acids is 1. The third-order valence-corrected chi connectivity index (χ3v) is 3.25. The van der Waals surface area contributed by atoms with Gasteiger partial charge in [-0.2, -0.15) is 17.0 Å². The van der Waals surface area contributed by atoms with E-state index in [9.17, 15) is 14.3 Å². The second kappa shape index (κ2) is 6.23. The Morgan fingerprint density at radius 2 is 2.35 bits per heavy atom. The molecule has 6 heteroatoms. The molecule has 1 aromatic carbocycles. The summed E-state index contributed by atoms with van der Waals surface area (Å²) in [5.41, 5.74) is 4.11. The van der Waals surface area contributed by atoms with Crippen molar-refractivity contribution in [1.82, 2.24) is 0 Å². The van der Waals surface area contributed by atoms with Crippen molar-refractivity contribution in [3.05, 3.63) is 35.1 Å². The number of halogens is 1. The third kappa shape index (κ3) is 4.06. The molecule has 3 N–H and O–H groups in total. The summed E-state index contributed by atoms with van der Waals surface area (Å²) in [6.45, 7) is 0. The summed E-state index contributed by atoms with van der Waals surface area (Å²) in [5.74, 6) is -1.05. The molecule has 0 heterocycles. The van der Waals surface area contributed by atoms with Crippen LogP contribution in [0, 0.1) is 17.1 Å². The number of carboxylic acid groups (broad SMARTS) is 1. The first kappa shape index (κ1) is 13.5. The highest BCUT2D eigenvalue weighted by atomic mass is 32.2. The van der Waals surface area contributed by atoms with Crippen molar-refractivity contribution in [2.75, 3.05) is 5.75 Å². The number of rotatable bonds is 5. The molecule has 0 aliphatic heterocycles. The number of hydrogen-bond acceptors (Lipinski definition) is 4. The molecule has 0 bridgehead atoms. The van der Waals surface area contributed by atoms with Gasteiger partial charge in [0.15, 0.2) is 0 Å². The van der Waals surface area contributed by atoms with Crippen LogP contribution in [0.3, 0.4) is 0 Å². The van der Waals surface area contributed by atoms with Gasteiger partial charge in [0.2, 0.25) is 0 Å². The zero-order chi connectivity index (χ0) is 12.8. The fraction of sp³-hybridized carbons (Fsp3) is 0.273. The van der Waals surface area contributed by atoms with Gasteiger partial charge in [-0.25, -0.2) is 4.39 Å². The molecule has 0 unspecified atom stereocenters. The molecular formula is C11H11FN2O2S. The van der Waals surface area contributed by atoms with E-state index < -0.39 is 17.8 Å². The summed E-state index contributed by atoms with van der Waals surface area (Å²) < 4.78 is 13.4. The number of quaternary nitrogens is 1. The molecule has 0 radical (unpaired) electrons. The predicted molar refractivity (Wildman–Crippen MR) is 59.0 cm³/mol. The van der Waals surface area contributed by atoms with Crippen LogP contribution >= 0.6 is 11.8 Å². The van der Waals surface area contributed by atoms with Gasteiger partial charge >= 0.3 is 0 Å². The number of carbonyl (C=O) groups is 1. The average molecular weight is 254 g/mol. The van der Waals surface area contributed by atoms with Crippen LogP contribution < -0.4 is 10.8 Å². The minimum atomic E-state index is -1.21. The number of aliphatic carboxylic acids is 1. The largest absolute Gasteiger partial charge is 0.544 e. The van der Waals surface area contributed by atoms with E-state index in [0.29, 0.717) is 11.3 Å². The lowest BCUT2D eigenvalue weighted by atomic mass is 10.1. The first-order valence-electron chi connectivity index (χ1n) is 4.84. The van der Waals surface area contributed by atoms with Crippen LogP contribution in [-0.2, 0) is 10.5 Å². The molecule has 17 heavy (non-hydrogen) atoms. The van der Waals surface area contributed by atoms with Gasteiger partial charge in [-0.05, 0) is 17.7 Å². The van der Waals surface area contributed by atoms with Crippen LogP contribution in [0.5, 0.6) is 0 Å². The van der Waals surface area contributed by atoms with Gasteiger partial charge < -0.3 is 15.6 Å². The van der Waals surface area contributed by atoms with Crippen molar-refractivity contribution in [1.29, 1.82) is 5.26 Å². The summed E-state index contributed by atoms with van der Waals surface area (Å²) in [6, 6.07) is 5.25. The summed E-state index contributed by atoms with van der Waals surface area (Å²) in [7, 11) is 0. The van der Waals surface area contributed by atoms with Gasteiger partial charge in [0.1, 0.15) is 11.9 Å². The minimum absolute atomic E-state index is 0.265. The maximum absolute atomic E-state index is 13.4. The summed E-state index contributed by atoms with van der Waals surface area (Å²) in [4.78, 5) is 10.4. The predicted octanol–water partition coefficient (Wildman–Crippen LogP) is -0.709. The van der Waals surface area contributed by atoms with Gasteiger partial charge in [0, 0.05) is 5.75 Å². The standard InChI is InChI=1S/C11H11FN2O2S/c12-9-3-7(4-13)1-2-8(9)5-17-6-10(14)11(15)16/h1-3,10H,5-6,14H2,(H,15,16)/t10-/m0/s1. The molecular weight excluding hydrogens is 243 g/mol. The second-order valence-electron chi connectivity index (χ2n) is 3.45. The van der Waals surface area contributed by atoms with E-state index >= 15 is 0 Å². The molecule has 0 fully saturated rings. The van der Waals surface area contributed by atoms with Gasteiger partial charge in [0.25, 0.3) is 0 Å². The van der Waals surface area contributed by atoms with Crippen LogP contribution in [0.4, 0.5) is 4.39 Å². The maximum Gasteiger partial charge on any atom is 0.134 e. The van der Waals surface area contributed by atoms with Gasteiger partial charge in [0.05, 0.1) is 23.4 Å². The molecule has 0 saturated heterocycles. The molecule has 0 aliphatic rings. The molecule has 0 spiro atoms. The second-order valence-corrected chi connectivity index (χ2v) is 4.48. The Hall–Kier alpha value is -1.58. The van der Waals surface area contributed by atoms with Gasteiger partial charge in [-0.15, -0.1) is 0 Å². The number of hydrogen-bond donors (Lipinski definition) is 1. The van der Waals surface area contributed by atoms with Crippen LogP contribution in [0.1, 0.15) is 11.1 Å². The zero-order valence-electron chi connectivity index (χ0n) is 8.98. The number of carbonyl (C=O) groups excluding carboxylic acids is 1. The Bertz CT molecular complexity index is 459. The van der Waals surface area contributed by atoms with E-state index in [-0.39, 0.29) is 11.3 Å². The first-order chi connectivity index (χ1) is 8.04. The lowest BCUT2D eigenvalue weighted by Gasteiger charge is -2.09. The highest BCUT2D eigenvalue weighted by Crippen LogP contribution is 2.17. The SMILES string of the molecule is N#Cc1ccc(CSC[C@H]([NH3+])C(=O)[O-])c(F)c1. The fourth-order valence-corrected chi connectivity index (χ4v) is 2.11. The topological polar surface area (TPSA) is 91.6 Å². The van der Waals surface area contributed by atoms with Crippen LogP contribution in [0.15, 0.2) is 18.2 Å². The zero-order valence-corrected chi connectivity index (χ0v) is 9.80. The van der Waals surface area contributed by atoms with Gasteiger partial charge in [-0.1, -0.05) is 6.07 Å². The molecule has 0 saturated carbocycles. The lowest BCUT2D eigenvalue weighted by molar-refractivity contribution is -0.431. The Balaban J connectivity index is 2.53. The summed E-state index contributed by atoms with van der Waals surface area (Å²) in [5, 5.41) is 19.0. The molecule has 1 rings (SSSR count). The Morgan fingerprint density at radius 1 is 1.65 bits per heavy atom. The lowest BCUT2D eigenvalue weighted by Crippen LogP contribution is -2.69. The molecule has 0 amide bonds. The van der Waals surface area contributed by atoms with Crippen molar-refractivity contribution < 1.29 is 20.0 Å². The fourth-order valence-electron chi connectivity index (χ4n) is 1.11. The third-order valence-electron chi connectivity index (χ3n) is 2.09. The van der Waals surface area contributed by atoms with Crippen LogP contribution in [0.25, 0.3) is 0 Å². The average Bonchev–Trinajstić information content (AvgIpc) is 2.30. The van der Waals surface area contributed by atoms with E-state index in [2.05, 4.69) is 5.73 Å². The van der Waals surface area contributed by atoms with Crippen molar-refractivity contribution >= 4 is 17.7 Å². The summed E-state index contributed by atoms with van der Waals surface area (Å²) >= 11 is 1.26. The smallest absolute Gasteiger partial charge is 0.134 e. The Kier molecular flexibility index (Phi) is 4.94. The van der Waals surface area contributed by atoms with E-state index in [4.69, 9.17) is 5.26 Å². The number of nitrogens with zero attached hydrogens (tertiary/aromatic N) is 1. The minimum Gasteiger partial charge on any atom is -0.544 e. The first-order valence-corrected chi connectivity index (χ1v) is 6.00. The summed E-state index contributed by atoms with van der Waals surface area (Å²) in [6.07, 6.45) is 0. The molecule has 4 nitrogen and oxygen atoms in total. The molecule has 1 atom stereocenters. The van der Waals surface area contributed by atoms with E-state index in [0.717, 1.165) is 6.07 Å². The molecule has 1 aromatic rings. The Morgan fingerprint density at radius 3 is 2.88 bits per heavy atom. The normalized spacial score (nSPS) is 11.8. The van der Waals surface area contributed by atoms with Gasteiger partial charge in [-0.3, -0.25) is 0 Å². The van der Waals surface area contributed by atoms with Crippen LogP contribution in [-0.4, -0.2) is 17.8 Å². The number of nitriles is 1. The van der Waals surface area contributed by atoms with Crippen molar-refractivity contribution in [3.8, 4) is 6.07 Å². The maximum atomic E-state index is 13.4. The molecule has 0 aromatic heterocycles.